The van der Waals surface area contributed by atoms with Gasteiger partial charge in [-0.25, -0.2) is 0 Å². The number of rotatable bonds is 3. The van der Waals surface area contributed by atoms with Crippen LogP contribution in [-0.2, 0) is 13.7 Å². The number of nitrogen functional groups attached to an aromatic ring is 1. The number of nitrogens with zero attached hydrogens (tertiary/aromatic N) is 2. The molecule has 2 rings (SSSR count). The van der Waals surface area contributed by atoms with Gasteiger partial charge in [-0.2, -0.15) is 5.10 Å². The van der Waals surface area contributed by atoms with Crippen molar-refractivity contribution in [2.24, 2.45) is 7.05 Å². The maximum Gasteiger partial charge on any atom is 0.194 e. The van der Waals surface area contributed by atoms with E-state index in [0.717, 1.165) is 11.6 Å². The topological polar surface area (TPSA) is 68.9 Å². The van der Waals surface area contributed by atoms with Gasteiger partial charge in [0.2, 0.25) is 0 Å². The number of hydrogen-bond donors (Lipinski definition) is 2. The third-order valence-electron chi connectivity index (χ3n) is 2.22. The fourth-order valence-electron chi connectivity index (χ4n) is 1.22. The van der Waals surface area contributed by atoms with E-state index in [1.165, 1.54) is 0 Å². The molecule has 0 saturated carbocycles. The molecular weight excluding hydrogens is 224 g/mol. The first-order valence-electron chi connectivity index (χ1n) is 4.75. The van der Waals surface area contributed by atoms with Gasteiger partial charge in [-0.1, -0.05) is 0 Å². The lowest BCUT2D eigenvalue weighted by Crippen LogP contribution is -2.03. The lowest BCUT2D eigenvalue weighted by atomic mass is 10.3. The van der Waals surface area contributed by atoms with Crippen molar-refractivity contribution >= 4 is 17.9 Å². The number of H-pyrrole nitrogens is 1. The maximum atomic E-state index is 5.57. The summed E-state index contributed by atoms with van der Waals surface area (Å²) in [5.41, 5.74) is 6.28. The Hall–Kier alpha value is -1.82. The summed E-state index contributed by atoms with van der Waals surface area (Å²) in [4.78, 5) is 0. The van der Waals surface area contributed by atoms with E-state index >= 15 is 0 Å². The predicted octanol–water partition coefficient (Wildman–Crippen LogP) is 1.64. The van der Waals surface area contributed by atoms with Crippen molar-refractivity contribution in [2.75, 3.05) is 5.73 Å². The lowest BCUT2D eigenvalue weighted by molar-refractivity contribution is 0.291. The molecular formula is C10H12N4OS. The molecule has 0 aliphatic heterocycles. The zero-order chi connectivity index (χ0) is 11.5. The highest BCUT2D eigenvalue weighted by Gasteiger charge is 2.02. The zero-order valence-electron chi connectivity index (χ0n) is 8.80. The zero-order valence-corrected chi connectivity index (χ0v) is 9.62. The van der Waals surface area contributed by atoms with Crippen LogP contribution in [0.2, 0.25) is 0 Å². The Morgan fingerprint density at radius 2 is 2.12 bits per heavy atom. The van der Waals surface area contributed by atoms with E-state index in [9.17, 15) is 0 Å². The molecule has 0 aliphatic carbocycles. The first-order chi connectivity index (χ1) is 7.66. The van der Waals surface area contributed by atoms with Gasteiger partial charge < -0.3 is 15.0 Å². The van der Waals surface area contributed by atoms with E-state index in [4.69, 9.17) is 22.7 Å². The number of benzene rings is 1. The Bertz CT molecular complexity index is 528. The van der Waals surface area contributed by atoms with Crippen LogP contribution in [0.1, 0.15) is 5.82 Å². The average molecular weight is 236 g/mol. The van der Waals surface area contributed by atoms with Crippen molar-refractivity contribution in [1.82, 2.24) is 14.8 Å². The largest absolute Gasteiger partial charge is 0.486 e. The van der Waals surface area contributed by atoms with Gasteiger partial charge in [0.05, 0.1) is 0 Å². The van der Waals surface area contributed by atoms with Crippen LogP contribution in [0.5, 0.6) is 5.75 Å². The standard InChI is InChI=1S/C10H12N4OS/c1-14-9(12-13-10(14)16)6-15-8-4-2-7(11)3-5-8/h2-5H,6,11H2,1H3,(H,13,16). The second kappa shape index (κ2) is 4.36. The third kappa shape index (κ3) is 2.22. The van der Waals surface area contributed by atoms with Gasteiger partial charge in [-0.15, -0.1) is 0 Å². The number of aromatic amines is 1. The quantitative estimate of drug-likeness (QED) is 0.628. The van der Waals surface area contributed by atoms with Crippen molar-refractivity contribution in [3.05, 3.63) is 34.9 Å². The Morgan fingerprint density at radius 3 is 2.69 bits per heavy atom. The van der Waals surface area contributed by atoms with E-state index in [2.05, 4.69) is 10.2 Å². The molecule has 0 unspecified atom stereocenters. The van der Waals surface area contributed by atoms with E-state index in [1.54, 1.807) is 16.7 Å². The summed E-state index contributed by atoms with van der Waals surface area (Å²) < 4.78 is 7.89. The molecule has 5 nitrogen and oxygen atoms in total. The molecule has 84 valence electrons. The molecule has 0 radical (unpaired) electrons. The second-order valence-corrected chi connectivity index (χ2v) is 3.75. The number of nitrogens with one attached hydrogen (secondary N) is 1. The third-order valence-corrected chi connectivity index (χ3v) is 2.59. The Labute approximate surface area is 97.9 Å². The Balaban J connectivity index is 2.05. The number of aromatic nitrogens is 3. The number of ether oxygens (including phenoxy) is 1. The van der Waals surface area contributed by atoms with Crippen molar-refractivity contribution in [3.63, 3.8) is 0 Å². The highest BCUT2D eigenvalue weighted by Crippen LogP contribution is 2.14. The van der Waals surface area contributed by atoms with Crippen molar-refractivity contribution in [1.29, 1.82) is 0 Å². The second-order valence-electron chi connectivity index (χ2n) is 3.36. The first-order valence-corrected chi connectivity index (χ1v) is 5.16. The van der Waals surface area contributed by atoms with E-state index in [0.29, 0.717) is 17.1 Å². The number of anilines is 1. The molecule has 0 amide bonds. The van der Waals surface area contributed by atoms with Crippen LogP contribution in [0.3, 0.4) is 0 Å². The first kappa shape index (κ1) is 10.7. The van der Waals surface area contributed by atoms with Crippen molar-refractivity contribution in [2.45, 2.75) is 6.61 Å². The molecule has 0 saturated heterocycles. The molecule has 0 fully saturated rings. The van der Waals surface area contributed by atoms with Crippen molar-refractivity contribution in [3.8, 4) is 5.75 Å². The minimum atomic E-state index is 0.369. The lowest BCUT2D eigenvalue weighted by Gasteiger charge is -2.05. The van der Waals surface area contributed by atoms with Gasteiger partial charge in [0, 0.05) is 12.7 Å². The smallest absolute Gasteiger partial charge is 0.194 e. The van der Waals surface area contributed by atoms with Crippen LogP contribution >= 0.6 is 12.2 Å². The van der Waals surface area contributed by atoms with Gasteiger partial charge >= 0.3 is 0 Å². The van der Waals surface area contributed by atoms with Gasteiger partial charge in [-0.05, 0) is 36.5 Å². The highest BCUT2D eigenvalue weighted by atomic mass is 32.1. The fourth-order valence-corrected chi connectivity index (χ4v) is 1.37. The molecule has 0 atom stereocenters. The van der Waals surface area contributed by atoms with Gasteiger partial charge in [0.1, 0.15) is 12.4 Å². The van der Waals surface area contributed by atoms with Crippen LogP contribution in [0.25, 0.3) is 0 Å². The normalized spacial score (nSPS) is 10.3. The Kier molecular flexibility index (Phi) is 2.91. The molecule has 0 spiro atoms. The van der Waals surface area contributed by atoms with Gasteiger partial charge in [0.25, 0.3) is 0 Å². The molecule has 1 heterocycles. The molecule has 3 N–H and O–H groups in total. The average Bonchev–Trinajstić information content (AvgIpc) is 2.60. The van der Waals surface area contributed by atoms with E-state index < -0.39 is 0 Å². The molecule has 2 aromatic rings. The summed E-state index contributed by atoms with van der Waals surface area (Å²) in [6, 6.07) is 7.21. The minimum absolute atomic E-state index is 0.369. The van der Waals surface area contributed by atoms with Crippen LogP contribution in [0, 0.1) is 4.77 Å². The van der Waals surface area contributed by atoms with Crippen LogP contribution < -0.4 is 10.5 Å². The maximum absolute atomic E-state index is 5.57. The monoisotopic (exact) mass is 236 g/mol. The molecule has 0 aliphatic rings. The molecule has 1 aromatic carbocycles. The Morgan fingerprint density at radius 1 is 1.44 bits per heavy atom. The summed E-state index contributed by atoms with van der Waals surface area (Å²) in [5, 5.41) is 6.74. The van der Waals surface area contributed by atoms with Crippen LogP contribution in [0.4, 0.5) is 5.69 Å². The van der Waals surface area contributed by atoms with Gasteiger partial charge in [-0.3, -0.25) is 5.10 Å². The summed E-state index contributed by atoms with van der Waals surface area (Å²) >= 11 is 4.99. The summed E-state index contributed by atoms with van der Waals surface area (Å²) in [7, 11) is 1.84. The summed E-state index contributed by atoms with van der Waals surface area (Å²) in [6.07, 6.45) is 0. The number of hydrogen-bond acceptors (Lipinski definition) is 4. The SMILES string of the molecule is Cn1c(COc2ccc(N)cc2)n[nH]c1=S. The van der Waals surface area contributed by atoms with E-state index in [-0.39, 0.29) is 0 Å². The van der Waals surface area contributed by atoms with Crippen LogP contribution in [0.15, 0.2) is 24.3 Å². The predicted molar refractivity (Wildman–Crippen MR) is 63.6 cm³/mol. The molecule has 1 aromatic heterocycles. The highest BCUT2D eigenvalue weighted by molar-refractivity contribution is 7.71. The van der Waals surface area contributed by atoms with Crippen molar-refractivity contribution < 1.29 is 4.74 Å². The summed E-state index contributed by atoms with van der Waals surface area (Å²) in [5.74, 6) is 1.50. The number of nitrogens with two attached hydrogens (primary N) is 1. The van der Waals surface area contributed by atoms with Crippen LogP contribution in [-0.4, -0.2) is 14.8 Å². The van der Waals surface area contributed by atoms with Gasteiger partial charge in [0.15, 0.2) is 10.6 Å². The minimum Gasteiger partial charge on any atom is -0.486 e. The van der Waals surface area contributed by atoms with E-state index in [1.807, 2.05) is 19.2 Å². The fraction of sp³-hybridized carbons (Fsp3) is 0.200. The summed E-state index contributed by atoms with van der Waals surface area (Å²) in [6.45, 7) is 0.369. The molecule has 6 heteroatoms. The molecule has 16 heavy (non-hydrogen) atoms. The molecule has 0 bridgehead atoms.